The summed E-state index contributed by atoms with van der Waals surface area (Å²) in [4.78, 5) is 5.22. The maximum Gasteiger partial charge on any atom is 0.125 e. The zero-order valence-electron chi connectivity index (χ0n) is 21.2. The molecule has 1 heterocycles. The fourth-order valence-corrected chi connectivity index (χ4v) is 7.87. The summed E-state index contributed by atoms with van der Waals surface area (Å²) in [5, 5.41) is 3.66. The third-order valence-electron chi connectivity index (χ3n) is 8.55. The van der Waals surface area contributed by atoms with Crippen molar-refractivity contribution in [2.45, 2.75) is 6.42 Å². The standard InChI is InChI=1S/C37H23NS/c1-2-10-22(11-3-1)33-27-18-23-12-4-5-13-24(23)19-28(27)35-34(33)29-20-25-14-6-7-15-26(25)21-30(29)36(35)37-38-31-16-8-9-17-32(31)39-37/h1-17,19-21,23H,18H2. The predicted octanol–water partition coefficient (Wildman–Crippen LogP) is 9.56. The van der Waals surface area contributed by atoms with Crippen LogP contribution in [0.3, 0.4) is 0 Å². The summed E-state index contributed by atoms with van der Waals surface area (Å²) < 4.78 is 1.23. The Labute approximate surface area is 231 Å². The average molecular weight is 514 g/mol. The van der Waals surface area contributed by atoms with Crippen LogP contribution < -0.4 is 0 Å². The lowest BCUT2D eigenvalue weighted by atomic mass is 9.79. The number of aromatic nitrogens is 1. The summed E-state index contributed by atoms with van der Waals surface area (Å²) in [6.45, 7) is 0. The van der Waals surface area contributed by atoms with Gasteiger partial charge < -0.3 is 0 Å². The lowest BCUT2D eigenvalue weighted by molar-refractivity contribution is 0.757. The van der Waals surface area contributed by atoms with E-state index in [0.717, 1.165) is 16.9 Å². The summed E-state index contributed by atoms with van der Waals surface area (Å²) in [6.07, 6.45) is 12.5. The van der Waals surface area contributed by atoms with Gasteiger partial charge in [-0.2, -0.15) is 0 Å². The van der Waals surface area contributed by atoms with Crippen LogP contribution in [0.1, 0.15) is 28.1 Å². The van der Waals surface area contributed by atoms with Crippen LogP contribution in [-0.2, 0) is 0 Å². The number of allylic oxidation sites excluding steroid dienone is 11. The minimum Gasteiger partial charge on any atom is -0.236 e. The molecule has 2 heteroatoms. The van der Waals surface area contributed by atoms with Gasteiger partial charge in [0.1, 0.15) is 5.01 Å². The number of benzene rings is 4. The second kappa shape index (κ2) is 7.99. The van der Waals surface area contributed by atoms with Crippen molar-refractivity contribution in [3.63, 3.8) is 0 Å². The summed E-state index contributed by atoms with van der Waals surface area (Å²) in [6, 6.07) is 33.1. The average Bonchev–Trinajstić information content (AvgIpc) is 3.65. The molecule has 0 amide bonds. The van der Waals surface area contributed by atoms with E-state index in [0.29, 0.717) is 5.92 Å². The molecular formula is C37H23NS. The van der Waals surface area contributed by atoms with Gasteiger partial charge in [-0.25, -0.2) is 4.98 Å². The second-order valence-corrected chi connectivity index (χ2v) is 11.7. The Bertz CT molecular complexity index is 2040. The number of fused-ring (bicyclic) bond motifs is 7. The summed E-state index contributed by atoms with van der Waals surface area (Å²) in [5.41, 5.74) is 14.7. The van der Waals surface area contributed by atoms with E-state index in [1.54, 1.807) is 0 Å². The molecule has 0 radical (unpaired) electrons. The third-order valence-corrected chi connectivity index (χ3v) is 9.60. The van der Waals surface area contributed by atoms with Crippen LogP contribution in [0.15, 0.2) is 144 Å². The van der Waals surface area contributed by atoms with Crippen molar-refractivity contribution in [2.75, 3.05) is 0 Å². The van der Waals surface area contributed by atoms with E-state index in [4.69, 9.17) is 4.98 Å². The molecule has 1 atom stereocenters. The van der Waals surface area contributed by atoms with E-state index in [9.17, 15) is 0 Å². The molecule has 4 aliphatic carbocycles. The summed E-state index contributed by atoms with van der Waals surface area (Å²) in [5.74, 6) is 0.425. The molecule has 0 aliphatic heterocycles. The van der Waals surface area contributed by atoms with Crippen LogP contribution in [0.5, 0.6) is 0 Å². The third kappa shape index (κ3) is 3.04. The molecule has 5 aromatic rings. The fourth-order valence-electron chi connectivity index (χ4n) is 6.84. The molecular weight excluding hydrogens is 490 g/mol. The zero-order valence-corrected chi connectivity index (χ0v) is 22.0. The molecule has 0 bridgehead atoms. The Hall–Kier alpha value is -4.53. The van der Waals surface area contributed by atoms with Gasteiger partial charge >= 0.3 is 0 Å². The van der Waals surface area contributed by atoms with Crippen molar-refractivity contribution in [1.82, 2.24) is 4.98 Å². The highest BCUT2D eigenvalue weighted by Crippen LogP contribution is 2.60. The predicted molar refractivity (Wildman–Crippen MR) is 164 cm³/mol. The second-order valence-electron chi connectivity index (χ2n) is 10.7. The molecule has 39 heavy (non-hydrogen) atoms. The Morgan fingerprint density at radius 3 is 2.26 bits per heavy atom. The topological polar surface area (TPSA) is 12.9 Å². The lowest BCUT2D eigenvalue weighted by Crippen LogP contribution is -2.10. The minimum atomic E-state index is 0.425. The maximum absolute atomic E-state index is 5.22. The number of hydrogen-bond acceptors (Lipinski definition) is 2. The summed E-state index contributed by atoms with van der Waals surface area (Å²) >= 11 is 1.81. The molecule has 0 fully saturated rings. The highest BCUT2D eigenvalue weighted by atomic mass is 32.1. The summed E-state index contributed by atoms with van der Waals surface area (Å²) in [7, 11) is 0. The molecule has 9 rings (SSSR count). The van der Waals surface area contributed by atoms with Crippen LogP contribution in [0.25, 0.3) is 37.7 Å². The normalized spacial score (nSPS) is 19.1. The Balaban J connectivity index is 1.43. The molecule has 0 saturated heterocycles. The van der Waals surface area contributed by atoms with Gasteiger partial charge in [-0.1, -0.05) is 97.1 Å². The largest absolute Gasteiger partial charge is 0.236 e. The highest BCUT2D eigenvalue weighted by molar-refractivity contribution is 7.19. The SMILES string of the molecule is C1=CC2=CC3=C(CC2C=C1)C(c1ccccc1)=C1C3=C(c2nc3ccccc3s2)c2cc3ccccc3cc21. The van der Waals surface area contributed by atoms with Gasteiger partial charge in [0, 0.05) is 17.1 Å². The van der Waals surface area contributed by atoms with Crippen molar-refractivity contribution < 1.29 is 0 Å². The molecule has 1 nitrogen and oxygen atoms in total. The van der Waals surface area contributed by atoms with Crippen LogP contribution >= 0.6 is 11.3 Å². The van der Waals surface area contributed by atoms with Crippen LogP contribution in [0.4, 0.5) is 0 Å². The highest BCUT2D eigenvalue weighted by Gasteiger charge is 2.41. The van der Waals surface area contributed by atoms with Crippen molar-refractivity contribution in [3.05, 3.63) is 165 Å². The molecule has 1 unspecified atom stereocenters. The first-order valence-electron chi connectivity index (χ1n) is 13.6. The van der Waals surface area contributed by atoms with Crippen molar-refractivity contribution in [2.24, 2.45) is 5.92 Å². The van der Waals surface area contributed by atoms with E-state index < -0.39 is 0 Å². The smallest absolute Gasteiger partial charge is 0.125 e. The Kier molecular flexibility index (Phi) is 4.38. The first kappa shape index (κ1) is 21.4. The minimum absolute atomic E-state index is 0.425. The van der Waals surface area contributed by atoms with Gasteiger partial charge in [-0.15, -0.1) is 11.3 Å². The molecule has 4 aromatic carbocycles. The zero-order chi connectivity index (χ0) is 25.5. The van der Waals surface area contributed by atoms with Crippen LogP contribution in [0, 0.1) is 5.92 Å². The van der Waals surface area contributed by atoms with Crippen molar-refractivity contribution >= 4 is 49.0 Å². The van der Waals surface area contributed by atoms with E-state index in [-0.39, 0.29) is 0 Å². The Morgan fingerprint density at radius 1 is 0.692 bits per heavy atom. The number of hydrogen-bond donors (Lipinski definition) is 0. The van der Waals surface area contributed by atoms with Crippen molar-refractivity contribution in [1.29, 1.82) is 0 Å². The van der Waals surface area contributed by atoms with E-state index in [2.05, 4.69) is 121 Å². The number of rotatable bonds is 2. The number of para-hydroxylation sites is 1. The molecule has 0 saturated carbocycles. The van der Waals surface area contributed by atoms with Gasteiger partial charge in [0.25, 0.3) is 0 Å². The van der Waals surface area contributed by atoms with Gasteiger partial charge in [0.15, 0.2) is 0 Å². The molecule has 0 N–H and O–H groups in total. The van der Waals surface area contributed by atoms with Gasteiger partial charge in [0.05, 0.1) is 10.2 Å². The Morgan fingerprint density at radius 2 is 1.44 bits per heavy atom. The quantitative estimate of drug-likeness (QED) is 0.229. The monoisotopic (exact) mass is 513 g/mol. The van der Waals surface area contributed by atoms with E-state index in [1.807, 2.05) is 11.3 Å². The van der Waals surface area contributed by atoms with Gasteiger partial charge in [-0.3, -0.25) is 0 Å². The first-order chi connectivity index (χ1) is 19.3. The number of nitrogens with zero attached hydrogens (tertiary/aromatic N) is 1. The lowest BCUT2D eigenvalue weighted by Gasteiger charge is -2.25. The molecule has 0 spiro atoms. The molecule has 4 aliphatic rings. The van der Waals surface area contributed by atoms with Gasteiger partial charge in [-0.05, 0) is 86.0 Å². The maximum atomic E-state index is 5.22. The van der Waals surface area contributed by atoms with E-state index >= 15 is 0 Å². The van der Waals surface area contributed by atoms with Crippen LogP contribution in [0.2, 0.25) is 0 Å². The number of thiazole rings is 1. The first-order valence-corrected chi connectivity index (χ1v) is 14.4. The fraction of sp³-hybridized carbons (Fsp3) is 0.0541. The molecule has 1 aromatic heterocycles. The van der Waals surface area contributed by atoms with Crippen molar-refractivity contribution in [3.8, 4) is 0 Å². The van der Waals surface area contributed by atoms with Crippen LogP contribution in [-0.4, -0.2) is 4.98 Å². The van der Waals surface area contributed by atoms with E-state index in [1.165, 1.54) is 71.2 Å². The molecule has 182 valence electrons. The van der Waals surface area contributed by atoms with Gasteiger partial charge in [0.2, 0.25) is 0 Å².